The van der Waals surface area contributed by atoms with Crippen molar-refractivity contribution in [2.75, 3.05) is 0 Å². The molecule has 0 radical (unpaired) electrons. The maximum Gasteiger partial charge on any atom is 0.332 e. The molecule has 1 saturated carbocycles. The number of alkyl halides is 2. The Morgan fingerprint density at radius 2 is 1.77 bits per heavy atom. The molecule has 0 bridgehead atoms. The molecule has 0 aromatic heterocycles. The molecule has 0 saturated heterocycles. The fourth-order valence-corrected chi connectivity index (χ4v) is 1.15. The zero-order chi connectivity index (χ0) is 10.7. The van der Waals surface area contributed by atoms with Gasteiger partial charge in [-0.1, -0.05) is 13.8 Å². The highest BCUT2D eigenvalue weighted by Gasteiger charge is 2.59. The van der Waals surface area contributed by atoms with E-state index in [4.69, 9.17) is 5.11 Å². The van der Waals surface area contributed by atoms with Crippen LogP contribution in [-0.4, -0.2) is 22.4 Å². The Bertz CT molecular complexity index is 186. The Balaban J connectivity index is 0.000000671. The fraction of sp³-hybridized carbons (Fsp3) is 0.889. The van der Waals surface area contributed by atoms with Crippen LogP contribution in [0.2, 0.25) is 0 Å². The van der Waals surface area contributed by atoms with E-state index in [2.05, 4.69) is 0 Å². The second-order valence-corrected chi connectivity index (χ2v) is 3.02. The highest BCUT2D eigenvalue weighted by Crippen LogP contribution is 2.44. The minimum atomic E-state index is -3.55. The summed E-state index contributed by atoms with van der Waals surface area (Å²) in [6, 6.07) is 0. The first kappa shape index (κ1) is 12.5. The Hall–Kier alpha value is -0.510. The first-order valence-electron chi connectivity index (χ1n) is 4.51. The number of aliphatic hydroxyl groups is 1. The van der Waals surface area contributed by atoms with Crippen LogP contribution in [-0.2, 0) is 4.79 Å². The molecule has 0 atom stereocenters. The highest BCUT2D eigenvalue weighted by molar-refractivity contribution is 5.84. The number of halogens is 2. The SMILES string of the molecule is CC.CC(=O)C(F)(F)C1(O)CCC1. The predicted molar refractivity (Wildman–Crippen MR) is 45.8 cm³/mol. The van der Waals surface area contributed by atoms with E-state index in [-0.39, 0.29) is 12.8 Å². The largest absolute Gasteiger partial charge is 0.383 e. The van der Waals surface area contributed by atoms with Crippen molar-refractivity contribution in [2.24, 2.45) is 0 Å². The van der Waals surface area contributed by atoms with Gasteiger partial charge in [-0.25, -0.2) is 0 Å². The predicted octanol–water partition coefficient (Wildman–Crippen LogP) is 2.15. The molecule has 4 heteroatoms. The summed E-state index contributed by atoms with van der Waals surface area (Å²) in [5, 5.41) is 9.14. The van der Waals surface area contributed by atoms with Gasteiger partial charge in [0, 0.05) is 6.92 Å². The summed E-state index contributed by atoms with van der Waals surface area (Å²) in [5.41, 5.74) is -2.04. The lowest BCUT2D eigenvalue weighted by Gasteiger charge is -2.41. The average Bonchev–Trinajstić information content (AvgIpc) is 2.03. The summed E-state index contributed by atoms with van der Waals surface area (Å²) < 4.78 is 25.6. The number of hydrogen-bond acceptors (Lipinski definition) is 2. The molecule has 0 aromatic rings. The lowest BCUT2D eigenvalue weighted by atomic mass is 9.74. The van der Waals surface area contributed by atoms with Crippen molar-refractivity contribution in [3.63, 3.8) is 0 Å². The zero-order valence-electron chi connectivity index (χ0n) is 8.23. The van der Waals surface area contributed by atoms with Gasteiger partial charge < -0.3 is 5.11 Å². The van der Waals surface area contributed by atoms with E-state index in [0.717, 1.165) is 6.92 Å². The van der Waals surface area contributed by atoms with E-state index >= 15 is 0 Å². The van der Waals surface area contributed by atoms with Crippen molar-refractivity contribution in [1.29, 1.82) is 0 Å². The second-order valence-electron chi connectivity index (χ2n) is 3.02. The summed E-state index contributed by atoms with van der Waals surface area (Å²) in [6.07, 6.45) is 0.624. The van der Waals surface area contributed by atoms with Crippen molar-refractivity contribution in [1.82, 2.24) is 0 Å². The highest BCUT2D eigenvalue weighted by atomic mass is 19.3. The molecule has 0 heterocycles. The smallest absolute Gasteiger partial charge is 0.332 e. The van der Waals surface area contributed by atoms with Gasteiger partial charge in [0.05, 0.1) is 0 Å². The van der Waals surface area contributed by atoms with Gasteiger partial charge in [0.25, 0.3) is 0 Å². The minimum Gasteiger partial charge on any atom is -0.383 e. The van der Waals surface area contributed by atoms with Crippen LogP contribution in [0.4, 0.5) is 8.78 Å². The third kappa shape index (κ3) is 2.05. The van der Waals surface area contributed by atoms with Crippen LogP contribution in [0.25, 0.3) is 0 Å². The molecule has 0 aliphatic heterocycles. The first-order chi connectivity index (χ1) is 5.90. The van der Waals surface area contributed by atoms with E-state index in [1.165, 1.54) is 0 Å². The summed E-state index contributed by atoms with van der Waals surface area (Å²) in [4.78, 5) is 10.4. The molecule has 78 valence electrons. The molecule has 0 unspecified atom stereocenters. The third-order valence-corrected chi connectivity index (χ3v) is 2.21. The normalized spacial score (nSPS) is 19.5. The summed E-state index contributed by atoms with van der Waals surface area (Å²) in [7, 11) is 0. The van der Waals surface area contributed by atoms with E-state index in [1.807, 2.05) is 13.8 Å². The van der Waals surface area contributed by atoms with Crippen LogP contribution < -0.4 is 0 Å². The molecule has 2 nitrogen and oxygen atoms in total. The van der Waals surface area contributed by atoms with Crippen LogP contribution in [0.3, 0.4) is 0 Å². The topological polar surface area (TPSA) is 37.3 Å². The molecule has 1 aliphatic carbocycles. The average molecular weight is 194 g/mol. The zero-order valence-corrected chi connectivity index (χ0v) is 8.23. The number of carbonyl (C=O) groups is 1. The van der Waals surface area contributed by atoms with Crippen LogP contribution in [0.1, 0.15) is 40.0 Å². The Labute approximate surface area is 76.9 Å². The molecular weight excluding hydrogens is 178 g/mol. The van der Waals surface area contributed by atoms with Gasteiger partial charge in [-0.3, -0.25) is 4.79 Å². The van der Waals surface area contributed by atoms with Gasteiger partial charge in [-0.2, -0.15) is 8.78 Å². The first-order valence-corrected chi connectivity index (χ1v) is 4.51. The standard InChI is InChI=1S/C7H10F2O2.C2H6/c1-5(10)7(8,9)6(11)3-2-4-6;1-2/h11H,2-4H2,1H3;1-2H3. The molecule has 0 spiro atoms. The summed E-state index contributed by atoms with van der Waals surface area (Å²) in [6.45, 7) is 4.80. The van der Waals surface area contributed by atoms with Crippen molar-refractivity contribution >= 4 is 5.78 Å². The summed E-state index contributed by atoms with van der Waals surface area (Å²) >= 11 is 0. The van der Waals surface area contributed by atoms with Gasteiger partial charge in [0.15, 0.2) is 0 Å². The number of rotatable bonds is 2. The fourth-order valence-electron chi connectivity index (χ4n) is 1.15. The van der Waals surface area contributed by atoms with E-state index < -0.39 is 17.3 Å². The molecule has 13 heavy (non-hydrogen) atoms. The van der Waals surface area contributed by atoms with Gasteiger partial charge >= 0.3 is 5.92 Å². The Morgan fingerprint density at radius 1 is 1.38 bits per heavy atom. The molecule has 0 aromatic carbocycles. The number of ketones is 1. The third-order valence-electron chi connectivity index (χ3n) is 2.21. The van der Waals surface area contributed by atoms with Crippen LogP contribution in [0, 0.1) is 0 Å². The molecule has 1 aliphatic rings. The quantitative estimate of drug-likeness (QED) is 0.731. The van der Waals surface area contributed by atoms with Crippen LogP contribution in [0.5, 0.6) is 0 Å². The van der Waals surface area contributed by atoms with Gasteiger partial charge in [-0.05, 0) is 19.3 Å². The van der Waals surface area contributed by atoms with Crippen molar-refractivity contribution in [2.45, 2.75) is 51.6 Å². The monoisotopic (exact) mass is 194 g/mol. The molecular formula is C9H16F2O2. The maximum absolute atomic E-state index is 12.8. The van der Waals surface area contributed by atoms with Crippen molar-refractivity contribution in [3.05, 3.63) is 0 Å². The lowest BCUT2D eigenvalue weighted by molar-refractivity contribution is -0.212. The van der Waals surface area contributed by atoms with Crippen LogP contribution in [0.15, 0.2) is 0 Å². The van der Waals surface area contributed by atoms with Crippen molar-refractivity contribution < 1.29 is 18.7 Å². The van der Waals surface area contributed by atoms with E-state index in [0.29, 0.717) is 6.42 Å². The van der Waals surface area contributed by atoms with Gasteiger partial charge in [-0.15, -0.1) is 0 Å². The molecule has 0 amide bonds. The minimum absolute atomic E-state index is 0.0274. The number of carbonyl (C=O) groups excluding carboxylic acids is 1. The maximum atomic E-state index is 12.8. The van der Waals surface area contributed by atoms with Gasteiger partial charge in [0.2, 0.25) is 5.78 Å². The second kappa shape index (κ2) is 4.13. The van der Waals surface area contributed by atoms with E-state index in [9.17, 15) is 13.6 Å². The summed E-state index contributed by atoms with van der Waals surface area (Å²) in [5.74, 6) is -4.80. The molecule has 1 fully saturated rings. The number of Topliss-reactive ketones (excluding diaryl/α,β-unsaturated/α-hetero) is 1. The molecule has 1 N–H and O–H groups in total. The number of hydrogen-bond donors (Lipinski definition) is 1. The van der Waals surface area contributed by atoms with Crippen LogP contribution >= 0.6 is 0 Å². The Kier molecular flexibility index (Phi) is 3.97. The lowest BCUT2D eigenvalue weighted by Crippen LogP contribution is -2.56. The van der Waals surface area contributed by atoms with Gasteiger partial charge in [0.1, 0.15) is 5.60 Å². The molecule has 1 rings (SSSR count). The Morgan fingerprint density at radius 3 is 1.85 bits per heavy atom. The van der Waals surface area contributed by atoms with E-state index in [1.54, 1.807) is 0 Å². The van der Waals surface area contributed by atoms with Crippen molar-refractivity contribution in [3.8, 4) is 0 Å².